The van der Waals surface area contributed by atoms with Gasteiger partial charge in [-0.1, -0.05) is 24.3 Å². The van der Waals surface area contributed by atoms with Crippen molar-refractivity contribution >= 4 is 5.69 Å². The van der Waals surface area contributed by atoms with E-state index in [1.807, 2.05) is 12.1 Å². The normalized spacial score (nSPS) is 13.9. The smallest absolute Gasteiger partial charge is 0.160 e. The lowest BCUT2D eigenvalue weighted by Crippen LogP contribution is -2.28. The molecular weight excluding hydrogens is 250 g/mol. The van der Waals surface area contributed by atoms with Gasteiger partial charge in [0.15, 0.2) is 11.5 Å². The van der Waals surface area contributed by atoms with Crippen LogP contribution in [-0.4, -0.2) is 18.8 Å². The summed E-state index contributed by atoms with van der Waals surface area (Å²) < 4.78 is 5.08. The molecule has 104 valence electrons. The third-order valence-electron chi connectivity index (χ3n) is 3.82. The van der Waals surface area contributed by atoms with Gasteiger partial charge in [0.2, 0.25) is 0 Å². The van der Waals surface area contributed by atoms with E-state index in [1.165, 1.54) is 17.7 Å². The summed E-state index contributed by atoms with van der Waals surface area (Å²) in [4.78, 5) is 2.38. The first-order valence-electron chi connectivity index (χ1n) is 6.96. The molecule has 0 unspecified atom stereocenters. The molecule has 20 heavy (non-hydrogen) atoms. The molecule has 0 bridgehead atoms. The van der Waals surface area contributed by atoms with Crippen LogP contribution in [0.2, 0.25) is 0 Å². The van der Waals surface area contributed by atoms with Gasteiger partial charge in [-0.15, -0.1) is 0 Å². The van der Waals surface area contributed by atoms with Crippen LogP contribution >= 0.6 is 0 Å². The summed E-state index contributed by atoms with van der Waals surface area (Å²) in [6.07, 6.45) is 2.33. The molecule has 0 fully saturated rings. The maximum absolute atomic E-state index is 9.87. The molecule has 1 aliphatic heterocycles. The van der Waals surface area contributed by atoms with Crippen LogP contribution in [-0.2, 0) is 13.0 Å². The van der Waals surface area contributed by atoms with E-state index in [0.717, 1.165) is 25.1 Å². The van der Waals surface area contributed by atoms with Crippen LogP contribution in [0.1, 0.15) is 17.5 Å². The molecule has 3 heteroatoms. The van der Waals surface area contributed by atoms with E-state index in [1.54, 1.807) is 13.2 Å². The van der Waals surface area contributed by atoms with Crippen molar-refractivity contribution in [2.75, 3.05) is 18.6 Å². The number of nitrogens with zero attached hydrogens (tertiary/aromatic N) is 1. The summed E-state index contributed by atoms with van der Waals surface area (Å²) in [7, 11) is 1.57. The average Bonchev–Trinajstić information content (AvgIpc) is 2.48. The fourth-order valence-electron chi connectivity index (χ4n) is 2.83. The van der Waals surface area contributed by atoms with Crippen molar-refractivity contribution in [3.8, 4) is 11.5 Å². The van der Waals surface area contributed by atoms with Crippen LogP contribution in [0.5, 0.6) is 11.5 Å². The molecular formula is C17H19NO2. The number of methoxy groups -OCH3 is 1. The summed E-state index contributed by atoms with van der Waals surface area (Å²) in [5.41, 5.74) is 3.82. The van der Waals surface area contributed by atoms with Crippen molar-refractivity contribution < 1.29 is 9.84 Å². The van der Waals surface area contributed by atoms with E-state index in [2.05, 4.69) is 29.2 Å². The lowest BCUT2D eigenvalue weighted by atomic mass is 10.0. The Bertz CT molecular complexity index is 610. The standard InChI is InChI=1S/C17H19NO2/c1-20-17-9-8-13(11-16(17)19)12-18-10-4-6-14-5-2-3-7-15(14)18/h2-3,5,7-9,11,19H,4,6,10,12H2,1H3. The van der Waals surface area contributed by atoms with Crippen LogP contribution in [0, 0.1) is 0 Å². The van der Waals surface area contributed by atoms with Crippen molar-refractivity contribution in [1.82, 2.24) is 0 Å². The molecule has 0 spiro atoms. The summed E-state index contributed by atoms with van der Waals surface area (Å²) in [6, 6.07) is 14.2. The van der Waals surface area contributed by atoms with E-state index >= 15 is 0 Å². The van der Waals surface area contributed by atoms with Gasteiger partial charge < -0.3 is 14.7 Å². The number of aryl methyl sites for hydroxylation is 1. The summed E-state index contributed by atoms with van der Waals surface area (Å²) in [6.45, 7) is 1.87. The van der Waals surface area contributed by atoms with E-state index in [4.69, 9.17) is 4.74 Å². The van der Waals surface area contributed by atoms with Gasteiger partial charge in [-0.25, -0.2) is 0 Å². The highest BCUT2D eigenvalue weighted by Crippen LogP contribution is 2.30. The van der Waals surface area contributed by atoms with Crippen LogP contribution < -0.4 is 9.64 Å². The molecule has 0 aromatic heterocycles. The van der Waals surface area contributed by atoms with Gasteiger partial charge in [0.05, 0.1) is 7.11 Å². The third kappa shape index (κ3) is 2.44. The van der Waals surface area contributed by atoms with E-state index in [9.17, 15) is 5.11 Å². The van der Waals surface area contributed by atoms with Gasteiger partial charge >= 0.3 is 0 Å². The van der Waals surface area contributed by atoms with Crippen LogP contribution in [0.4, 0.5) is 5.69 Å². The van der Waals surface area contributed by atoms with Crippen LogP contribution in [0.3, 0.4) is 0 Å². The summed E-state index contributed by atoms with van der Waals surface area (Å²) in [5.74, 6) is 0.725. The number of hydrogen-bond donors (Lipinski definition) is 1. The SMILES string of the molecule is COc1ccc(CN2CCCc3ccccc32)cc1O. The zero-order chi connectivity index (χ0) is 13.9. The minimum absolute atomic E-state index is 0.204. The Kier molecular flexibility index (Phi) is 3.50. The predicted octanol–water partition coefficient (Wildman–Crippen LogP) is 3.35. The van der Waals surface area contributed by atoms with E-state index in [0.29, 0.717) is 5.75 Å². The van der Waals surface area contributed by atoms with Gasteiger partial charge in [-0.2, -0.15) is 0 Å². The number of benzene rings is 2. The van der Waals surface area contributed by atoms with Crippen molar-refractivity contribution in [1.29, 1.82) is 0 Å². The van der Waals surface area contributed by atoms with Gasteiger partial charge in [0.1, 0.15) is 0 Å². The maximum atomic E-state index is 9.87. The van der Waals surface area contributed by atoms with Crippen molar-refractivity contribution in [3.63, 3.8) is 0 Å². The number of phenolic OH excluding ortho intramolecular Hbond substituents is 1. The highest BCUT2D eigenvalue weighted by Gasteiger charge is 2.16. The topological polar surface area (TPSA) is 32.7 Å². The molecule has 0 radical (unpaired) electrons. The fraction of sp³-hybridized carbons (Fsp3) is 0.294. The van der Waals surface area contributed by atoms with Gasteiger partial charge in [-0.05, 0) is 42.2 Å². The predicted molar refractivity (Wildman–Crippen MR) is 80.5 cm³/mol. The summed E-state index contributed by atoms with van der Waals surface area (Å²) in [5, 5.41) is 9.87. The summed E-state index contributed by atoms with van der Waals surface area (Å²) >= 11 is 0. The fourth-order valence-corrected chi connectivity index (χ4v) is 2.83. The van der Waals surface area contributed by atoms with Crippen LogP contribution in [0.25, 0.3) is 0 Å². The van der Waals surface area contributed by atoms with Crippen LogP contribution in [0.15, 0.2) is 42.5 Å². The van der Waals surface area contributed by atoms with Gasteiger partial charge in [0.25, 0.3) is 0 Å². The Balaban J connectivity index is 1.84. The molecule has 2 aromatic rings. The Labute approximate surface area is 119 Å². The van der Waals surface area contributed by atoms with Crippen molar-refractivity contribution in [3.05, 3.63) is 53.6 Å². The molecule has 0 saturated heterocycles. The Morgan fingerprint density at radius 3 is 2.85 bits per heavy atom. The minimum atomic E-state index is 0.204. The van der Waals surface area contributed by atoms with Gasteiger partial charge in [0, 0.05) is 18.8 Å². The van der Waals surface area contributed by atoms with Crippen molar-refractivity contribution in [2.24, 2.45) is 0 Å². The monoisotopic (exact) mass is 269 g/mol. The zero-order valence-corrected chi connectivity index (χ0v) is 11.7. The van der Waals surface area contributed by atoms with E-state index in [-0.39, 0.29) is 5.75 Å². The second-order valence-electron chi connectivity index (χ2n) is 5.16. The first-order chi connectivity index (χ1) is 9.78. The molecule has 3 nitrogen and oxygen atoms in total. The number of fused-ring (bicyclic) bond motifs is 1. The largest absolute Gasteiger partial charge is 0.504 e. The van der Waals surface area contributed by atoms with Gasteiger partial charge in [-0.3, -0.25) is 0 Å². The second-order valence-corrected chi connectivity index (χ2v) is 5.16. The molecule has 0 saturated carbocycles. The van der Waals surface area contributed by atoms with Crippen molar-refractivity contribution in [2.45, 2.75) is 19.4 Å². The average molecular weight is 269 g/mol. The quantitative estimate of drug-likeness (QED) is 0.927. The Hall–Kier alpha value is -2.16. The number of para-hydroxylation sites is 1. The molecule has 1 aliphatic rings. The number of rotatable bonds is 3. The molecule has 3 rings (SSSR count). The molecule has 0 aliphatic carbocycles. The molecule has 2 aromatic carbocycles. The number of aromatic hydroxyl groups is 1. The third-order valence-corrected chi connectivity index (χ3v) is 3.82. The molecule has 0 atom stereocenters. The lowest BCUT2D eigenvalue weighted by Gasteiger charge is -2.31. The first-order valence-corrected chi connectivity index (χ1v) is 6.96. The Morgan fingerprint density at radius 2 is 2.05 bits per heavy atom. The van der Waals surface area contributed by atoms with E-state index < -0.39 is 0 Å². The lowest BCUT2D eigenvalue weighted by molar-refractivity contribution is 0.373. The number of hydrogen-bond acceptors (Lipinski definition) is 3. The first kappa shape index (κ1) is 12.9. The molecule has 0 amide bonds. The second kappa shape index (κ2) is 5.45. The zero-order valence-electron chi connectivity index (χ0n) is 11.7. The number of phenols is 1. The number of anilines is 1. The minimum Gasteiger partial charge on any atom is -0.504 e. The Morgan fingerprint density at radius 1 is 1.20 bits per heavy atom. The maximum Gasteiger partial charge on any atom is 0.160 e. The highest BCUT2D eigenvalue weighted by molar-refractivity contribution is 5.56. The molecule has 1 N–H and O–H groups in total. The highest BCUT2D eigenvalue weighted by atomic mass is 16.5. The molecule has 1 heterocycles. The number of ether oxygens (including phenoxy) is 1.